The number of nitrogens with zero attached hydrogens (tertiary/aromatic N) is 2. The van der Waals surface area contributed by atoms with Crippen molar-refractivity contribution in [3.63, 3.8) is 0 Å². The van der Waals surface area contributed by atoms with Crippen LogP contribution in [0, 0.1) is 5.82 Å². The van der Waals surface area contributed by atoms with Crippen LogP contribution in [-0.4, -0.2) is 22.2 Å². The number of carbonyl (C=O) groups is 1. The molecule has 35 heavy (non-hydrogen) atoms. The van der Waals surface area contributed by atoms with E-state index in [1.165, 1.54) is 18.3 Å². The van der Waals surface area contributed by atoms with Crippen LogP contribution in [0.15, 0.2) is 55.4 Å². The molecule has 0 aliphatic heterocycles. The van der Waals surface area contributed by atoms with Crippen molar-refractivity contribution in [2.45, 2.75) is 12.5 Å². The van der Waals surface area contributed by atoms with Gasteiger partial charge in [-0.3, -0.25) is 9.78 Å². The summed E-state index contributed by atoms with van der Waals surface area (Å²) in [7, 11) is 0. The Morgan fingerprint density at radius 1 is 1.00 bits per heavy atom. The van der Waals surface area contributed by atoms with Crippen molar-refractivity contribution in [1.82, 2.24) is 9.97 Å². The second kappa shape index (κ2) is 9.48. The number of benzene rings is 1. The summed E-state index contributed by atoms with van der Waals surface area (Å²) in [6.07, 6.45) is -8.53. The summed E-state index contributed by atoms with van der Waals surface area (Å²) in [5.74, 6) is -4.98. The number of aromatic nitrogens is 2. The van der Waals surface area contributed by atoms with E-state index in [1.807, 2.05) is 0 Å². The van der Waals surface area contributed by atoms with Crippen LogP contribution in [-0.2, 0) is 6.18 Å². The van der Waals surface area contributed by atoms with Gasteiger partial charge in [0.2, 0.25) is 0 Å². The van der Waals surface area contributed by atoms with Gasteiger partial charge in [-0.15, -0.1) is 13.2 Å². The quantitative estimate of drug-likeness (QED) is 0.432. The van der Waals surface area contributed by atoms with Crippen LogP contribution in [0.3, 0.4) is 0 Å². The predicted molar refractivity (Wildman–Crippen MR) is 108 cm³/mol. The molecule has 7 nitrogen and oxygen atoms in total. The molecule has 0 spiro atoms. The Morgan fingerprint density at radius 3 is 2.20 bits per heavy atom. The highest BCUT2D eigenvalue weighted by molar-refractivity contribution is 6.06. The minimum absolute atomic E-state index is 0.00373. The number of halogens is 7. The van der Waals surface area contributed by atoms with Crippen molar-refractivity contribution >= 4 is 17.3 Å². The molecule has 0 unspecified atom stereocenters. The molecule has 2 aromatic heterocycles. The number of anilines is 1. The van der Waals surface area contributed by atoms with Crippen molar-refractivity contribution in [3.05, 3.63) is 78.1 Å². The van der Waals surface area contributed by atoms with Gasteiger partial charge in [0.1, 0.15) is 17.1 Å². The normalized spacial score (nSPS) is 11.6. The lowest BCUT2D eigenvalue weighted by molar-refractivity contribution is -0.274. The molecular formula is C21H13F7N4O3. The summed E-state index contributed by atoms with van der Waals surface area (Å²) in [5.41, 5.74) is 2.55. The SMILES string of the molecule is C=C(N)c1cc(NC(=O)c2c(Oc3ccc(OC(F)(F)F)cc3)cnc(C(F)(F)F)c2F)ccn1. The standard InChI is InChI=1S/C21H13F7N4O3/c1-10(29)14-8-11(6-7-30-14)32-19(33)16-15(9-31-18(17(16)22)20(23,24)25)34-12-2-4-13(5-3-12)35-21(26,27)28/h2-9H,1,29H2,(H,30,32,33). The molecule has 2 heterocycles. The second-order valence-corrected chi connectivity index (χ2v) is 6.69. The number of nitrogens with two attached hydrogens (primary N) is 1. The molecule has 3 rings (SSSR count). The Balaban J connectivity index is 1.98. The molecule has 1 aromatic carbocycles. The van der Waals surface area contributed by atoms with Crippen molar-refractivity contribution in [2.24, 2.45) is 5.73 Å². The largest absolute Gasteiger partial charge is 0.573 e. The van der Waals surface area contributed by atoms with Crippen molar-refractivity contribution in [3.8, 4) is 17.2 Å². The Hall–Kier alpha value is -4.36. The van der Waals surface area contributed by atoms with Gasteiger partial charge in [-0.2, -0.15) is 13.2 Å². The van der Waals surface area contributed by atoms with Crippen LogP contribution < -0.4 is 20.5 Å². The Bertz CT molecular complexity index is 1260. The zero-order valence-electron chi connectivity index (χ0n) is 17.2. The van der Waals surface area contributed by atoms with Gasteiger partial charge in [0.05, 0.1) is 17.6 Å². The minimum atomic E-state index is -5.24. The van der Waals surface area contributed by atoms with Gasteiger partial charge >= 0.3 is 12.5 Å². The Kier molecular flexibility index (Phi) is 6.84. The third kappa shape index (κ3) is 6.37. The first kappa shape index (κ1) is 25.3. The molecular weight excluding hydrogens is 489 g/mol. The fraction of sp³-hybridized carbons (Fsp3) is 0.0952. The number of carbonyl (C=O) groups excluding carboxylic acids is 1. The zero-order chi connectivity index (χ0) is 26.0. The predicted octanol–water partition coefficient (Wildman–Crippen LogP) is 5.51. The van der Waals surface area contributed by atoms with Gasteiger partial charge in [-0.25, -0.2) is 9.37 Å². The number of amides is 1. The third-order valence-corrected chi connectivity index (χ3v) is 4.11. The van der Waals surface area contributed by atoms with Crippen LogP contribution in [0.2, 0.25) is 0 Å². The maximum atomic E-state index is 14.8. The summed E-state index contributed by atoms with van der Waals surface area (Å²) in [6.45, 7) is 3.46. The maximum Gasteiger partial charge on any atom is 0.573 e. The molecule has 3 N–H and O–H groups in total. The second-order valence-electron chi connectivity index (χ2n) is 6.69. The van der Waals surface area contributed by atoms with Crippen molar-refractivity contribution in [2.75, 3.05) is 5.32 Å². The first-order valence-electron chi connectivity index (χ1n) is 9.26. The van der Waals surface area contributed by atoms with Gasteiger partial charge in [-0.05, 0) is 36.4 Å². The highest BCUT2D eigenvalue weighted by atomic mass is 19.4. The lowest BCUT2D eigenvalue weighted by atomic mass is 10.1. The molecule has 0 aliphatic carbocycles. The minimum Gasteiger partial charge on any atom is -0.455 e. The molecule has 0 bridgehead atoms. The van der Waals surface area contributed by atoms with Crippen LogP contribution in [0.1, 0.15) is 21.7 Å². The lowest BCUT2D eigenvalue weighted by Gasteiger charge is -2.16. The van der Waals surface area contributed by atoms with Gasteiger partial charge in [0.25, 0.3) is 5.91 Å². The van der Waals surface area contributed by atoms with Crippen LogP contribution in [0.4, 0.5) is 36.4 Å². The average molecular weight is 502 g/mol. The molecule has 0 saturated carbocycles. The van der Waals surface area contributed by atoms with E-state index < -0.39 is 47.0 Å². The van der Waals surface area contributed by atoms with Gasteiger partial charge < -0.3 is 20.5 Å². The van der Waals surface area contributed by atoms with Crippen LogP contribution in [0.5, 0.6) is 17.2 Å². The van der Waals surface area contributed by atoms with Gasteiger partial charge in [0.15, 0.2) is 17.3 Å². The molecule has 0 atom stereocenters. The summed E-state index contributed by atoms with van der Waals surface area (Å²) < 4.78 is 100. The molecule has 0 saturated heterocycles. The van der Waals surface area contributed by atoms with Crippen LogP contribution >= 0.6 is 0 Å². The summed E-state index contributed by atoms with van der Waals surface area (Å²) in [4.78, 5) is 19.6. The summed E-state index contributed by atoms with van der Waals surface area (Å²) in [6, 6.07) is 6.10. The van der Waals surface area contributed by atoms with E-state index >= 15 is 0 Å². The number of hydrogen-bond acceptors (Lipinski definition) is 6. The Morgan fingerprint density at radius 2 is 1.63 bits per heavy atom. The number of pyridine rings is 2. The highest BCUT2D eigenvalue weighted by Crippen LogP contribution is 2.36. The number of hydrogen-bond donors (Lipinski definition) is 2. The fourth-order valence-corrected chi connectivity index (χ4v) is 2.67. The maximum absolute atomic E-state index is 14.8. The van der Waals surface area contributed by atoms with E-state index in [2.05, 4.69) is 26.6 Å². The van der Waals surface area contributed by atoms with Gasteiger partial charge in [-0.1, -0.05) is 6.58 Å². The first-order valence-corrected chi connectivity index (χ1v) is 9.26. The van der Waals surface area contributed by atoms with E-state index in [-0.39, 0.29) is 22.8 Å². The number of alkyl halides is 6. The van der Waals surface area contributed by atoms with Crippen LogP contribution in [0.25, 0.3) is 5.70 Å². The smallest absolute Gasteiger partial charge is 0.455 e. The molecule has 0 fully saturated rings. The number of nitrogens with one attached hydrogen (secondary N) is 1. The lowest BCUT2D eigenvalue weighted by Crippen LogP contribution is -2.20. The monoisotopic (exact) mass is 502 g/mol. The molecule has 0 aliphatic rings. The van der Waals surface area contributed by atoms with Crippen molar-refractivity contribution < 1.29 is 45.0 Å². The topological polar surface area (TPSA) is 99.4 Å². The molecule has 14 heteroatoms. The first-order chi connectivity index (χ1) is 16.2. The molecule has 0 radical (unpaired) electrons. The number of rotatable bonds is 6. The van der Waals surface area contributed by atoms with E-state index in [0.717, 1.165) is 24.3 Å². The third-order valence-electron chi connectivity index (χ3n) is 4.11. The Labute approximate surface area is 192 Å². The fourth-order valence-electron chi connectivity index (χ4n) is 2.67. The summed E-state index contributed by atoms with van der Waals surface area (Å²) in [5, 5.41) is 2.20. The molecule has 184 valence electrons. The zero-order valence-corrected chi connectivity index (χ0v) is 17.2. The average Bonchev–Trinajstić information content (AvgIpc) is 2.73. The van der Waals surface area contributed by atoms with Crippen molar-refractivity contribution in [1.29, 1.82) is 0 Å². The van der Waals surface area contributed by atoms with E-state index in [9.17, 15) is 35.5 Å². The molecule has 3 aromatic rings. The highest BCUT2D eigenvalue weighted by Gasteiger charge is 2.39. The van der Waals surface area contributed by atoms with E-state index in [1.54, 1.807) is 0 Å². The summed E-state index contributed by atoms with van der Waals surface area (Å²) >= 11 is 0. The molecule has 1 amide bonds. The van der Waals surface area contributed by atoms with E-state index in [0.29, 0.717) is 6.20 Å². The van der Waals surface area contributed by atoms with E-state index in [4.69, 9.17) is 10.5 Å². The number of ether oxygens (including phenoxy) is 2. The van der Waals surface area contributed by atoms with Gasteiger partial charge in [0, 0.05) is 11.9 Å².